The molecule has 1 heterocycles. The Balaban J connectivity index is 3.26. The number of nitrogens with zero attached hydrogens (tertiary/aromatic N) is 1. The van der Waals surface area contributed by atoms with Crippen molar-refractivity contribution in [3.63, 3.8) is 0 Å². The van der Waals surface area contributed by atoms with Crippen LogP contribution in [0.4, 0.5) is 4.39 Å². The van der Waals surface area contributed by atoms with Gasteiger partial charge in [-0.05, 0) is 0 Å². The van der Waals surface area contributed by atoms with Crippen LogP contribution in [0, 0.1) is 5.82 Å². The molecule has 0 N–H and O–H groups in total. The summed E-state index contributed by atoms with van der Waals surface area (Å²) >= 11 is 0. The molecule has 1 aromatic rings. The van der Waals surface area contributed by atoms with E-state index in [1.165, 1.54) is 13.8 Å². The van der Waals surface area contributed by atoms with Gasteiger partial charge in [0.25, 0.3) is 0 Å². The van der Waals surface area contributed by atoms with Crippen molar-refractivity contribution in [3.05, 3.63) is 29.3 Å². The first kappa shape index (κ1) is 9.51. The van der Waals surface area contributed by atoms with E-state index in [0.29, 0.717) is 0 Å². The van der Waals surface area contributed by atoms with E-state index >= 15 is 0 Å². The first-order chi connectivity index (χ1) is 6.00. The van der Waals surface area contributed by atoms with Gasteiger partial charge in [-0.15, -0.1) is 0 Å². The minimum atomic E-state index is -0.620. The van der Waals surface area contributed by atoms with Crippen LogP contribution in [0.1, 0.15) is 34.8 Å². The lowest BCUT2D eigenvalue weighted by atomic mass is 10.2. The molecule has 0 bridgehead atoms. The third-order valence-corrected chi connectivity index (χ3v) is 1.51. The van der Waals surface area contributed by atoms with Crippen LogP contribution in [0.2, 0.25) is 0 Å². The predicted octanol–water partition coefficient (Wildman–Crippen LogP) is 1.63. The Bertz CT molecular complexity index is 342. The number of carbonyl (C=O) groups excluding carboxylic acids is 2. The van der Waals surface area contributed by atoms with Gasteiger partial charge in [-0.25, -0.2) is 9.37 Å². The summed E-state index contributed by atoms with van der Waals surface area (Å²) in [5.41, 5.74) is -0.0459. The lowest BCUT2D eigenvalue weighted by Crippen LogP contribution is -2.04. The molecule has 3 nitrogen and oxygen atoms in total. The highest BCUT2D eigenvalue weighted by Gasteiger charge is 2.08. The van der Waals surface area contributed by atoms with Crippen LogP contribution in [0.5, 0.6) is 0 Å². The first-order valence-electron chi connectivity index (χ1n) is 3.70. The van der Waals surface area contributed by atoms with Crippen LogP contribution >= 0.6 is 0 Å². The minimum Gasteiger partial charge on any atom is -0.293 e. The second-order valence-electron chi connectivity index (χ2n) is 2.67. The SMILES string of the molecule is CC(=O)c1cc(F)cc(C(C)=O)n1. The van der Waals surface area contributed by atoms with Gasteiger partial charge in [-0.3, -0.25) is 9.59 Å². The van der Waals surface area contributed by atoms with Gasteiger partial charge < -0.3 is 0 Å². The molecule has 68 valence electrons. The number of ketones is 2. The lowest BCUT2D eigenvalue weighted by molar-refractivity contribution is 0.100. The Morgan fingerprint density at radius 2 is 1.54 bits per heavy atom. The number of hydrogen-bond donors (Lipinski definition) is 0. The summed E-state index contributed by atoms with van der Waals surface area (Å²) in [4.78, 5) is 25.4. The second kappa shape index (κ2) is 3.43. The van der Waals surface area contributed by atoms with E-state index in [2.05, 4.69) is 4.98 Å². The molecule has 0 amide bonds. The first-order valence-corrected chi connectivity index (χ1v) is 3.70. The van der Waals surface area contributed by atoms with Crippen molar-refractivity contribution in [1.82, 2.24) is 4.98 Å². The summed E-state index contributed by atoms with van der Waals surface area (Å²) in [5, 5.41) is 0. The maximum atomic E-state index is 12.8. The third-order valence-electron chi connectivity index (χ3n) is 1.51. The molecule has 0 aliphatic rings. The molecule has 0 aromatic carbocycles. The van der Waals surface area contributed by atoms with Crippen LogP contribution in [0.25, 0.3) is 0 Å². The fourth-order valence-electron chi connectivity index (χ4n) is 0.858. The zero-order valence-corrected chi connectivity index (χ0v) is 7.30. The number of pyridine rings is 1. The smallest absolute Gasteiger partial charge is 0.178 e. The van der Waals surface area contributed by atoms with E-state index in [9.17, 15) is 14.0 Å². The Kier molecular flexibility index (Phi) is 2.51. The molecule has 0 aliphatic carbocycles. The molecule has 0 unspecified atom stereocenters. The average molecular weight is 181 g/mol. The summed E-state index contributed by atoms with van der Waals surface area (Å²) < 4.78 is 12.8. The molecule has 0 atom stereocenters. The Labute approximate surface area is 74.6 Å². The Hall–Kier alpha value is -1.58. The van der Waals surface area contributed by atoms with Gasteiger partial charge in [-0.1, -0.05) is 0 Å². The number of carbonyl (C=O) groups is 2. The van der Waals surface area contributed by atoms with Gasteiger partial charge >= 0.3 is 0 Å². The largest absolute Gasteiger partial charge is 0.293 e. The summed E-state index contributed by atoms with van der Waals surface area (Å²) in [6.07, 6.45) is 0. The highest BCUT2D eigenvalue weighted by atomic mass is 19.1. The number of rotatable bonds is 2. The van der Waals surface area contributed by atoms with E-state index in [0.717, 1.165) is 12.1 Å². The van der Waals surface area contributed by atoms with E-state index in [1.54, 1.807) is 0 Å². The zero-order valence-electron chi connectivity index (χ0n) is 7.30. The van der Waals surface area contributed by atoms with Crippen molar-refractivity contribution in [2.45, 2.75) is 13.8 Å². The molecule has 4 heteroatoms. The maximum Gasteiger partial charge on any atom is 0.178 e. The van der Waals surface area contributed by atoms with E-state index in [4.69, 9.17) is 0 Å². The molecule has 1 rings (SSSR count). The Morgan fingerprint density at radius 1 is 1.15 bits per heavy atom. The zero-order chi connectivity index (χ0) is 10.0. The van der Waals surface area contributed by atoms with Crippen molar-refractivity contribution in [3.8, 4) is 0 Å². The molecule has 1 aromatic heterocycles. The van der Waals surface area contributed by atoms with E-state index < -0.39 is 5.82 Å². The van der Waals surface area contributed by atoms with Crippen LogP contribution in [0.15, 0.2) is 12.1 Å². The number of Topliss-reactive ketones (excluding diaryl/α,β-unsaturated/α-hetero) is 2. The standard InChI is InChI=1S/C9H8FNO2/c1-5(12)8-3-7(10)4-9(11-8)6(2)13/h3-4H,1-2H3. The van der Waals surface area contributed by atoms with Crippen molar-refractivity contribution >= 4 is 11.6 Å². The molecular weight excluding hydrogens is 173 g/mol. The molecule has 13 heavy (non-hydrogen) atoms. The fraction of sp³-hybridized carbons (Fsp3) is 0.222. The second-order valence-corrected chi connectivity index (χ2v) is 2.67. The summed E-state index contributed by atoms with van der Waals surface area (Å²) in [7, 11) is 0. The van der Waals surface area contributed by atoms with Gasteiger partial charge in [0.05, 0.1) is 0 Å². The van der Waals surface area contributed by atoms with E-state index in [-0.39, 0.29) is 23.0 Å². The van der Waals surface area contributed by atoms with Gasteiger partial charge in [0.2, 0.25) is 0 Å². The molecule has 0 fully saturated rings. The molecule has 0 radical (unpaired) electrons. The van der Waals surface area contributed by atoms with Crippen LogP contribution in [0.3, 0.4) is 0 Å². The lowest BCUT2D eigenvalue weighted by Gasteiger charge is -1.98. The van der Waals surface area contributed by atoms with Crippen molar-refractivity contribution in [1.29, 1.82) is 0 Å². The molecular formula is C9H8FNO2. The molecule has 0 spiro atoms. The molecule has 0 saturated carbocycles. The Morgan fingerprint density at radius 3 is 1.85 bits per heavy atom. The van der Waals surface area contributed by atoms with Crippen LogP contribution in [-0.4, -0.2) is 16.6 Å². The van der Waals surface area contributed by atoms with Crippen molar-refractivity contribution in [2.75, 3.05) is 0 Å². The topological polar surface area (TPSA) is 47.0 Å². The third kappa shape index (κ3) is 2.18. The van der Waals surface area contributed by atoms with Gasteiger partial charge in [0.15, 0.2) is 11.6 Å². The van der Waals surface area contributed by atoms with E-state index in [1.807, 2.05) is 0 Å². The summed E-state index contributed by atoms with van der Waals surface area (Å²) in [5.74, 6) is -1.34. The van der Waals surface area contributed by atoms with Gasteiger partial charge in [-0.2, -0.15) is 0 Å². The number of hydrogen-bond acceptors (Lipinski definition) is 3. The van der Waals surface area contributed by atoms with Crippen LogP contribution in [-0.2, 0) is 0 Å². The van der Waals surface area contributed by atoms with Crippen molar-refractivity contribution in [2.24, 2.45) is 0 Å². The quantitative estimate of drug-likeness (QED) is 0.651. The normalized spacial score (nSPS) is 9.77. The van der Waals surface area contributed by atoms with Gasteiger partial charge in [0, 0.05) is 26.0 Å². The number of halogens is 1. The number of aromatic nitrogens is 1. The highest BCUT2D eigenvalue weighted by Crippen LogP contribution is 2.05. The highest BCUT2D eigenvalue weighted by molar-refractivity contribution is 5.96. The summed E-state index contributed by atoms with van der Waals surface area (Å²) in [6.45, 7) is 2.54. The monoisotopic (exact) mass is 181 g/mol. The summed E-state index contributed by atoms with van der Waals surface area (Å²) in [6, 6.07) is 2.02. The molecule has 0 saturated heterocycles. The van der Waals surface area contributed by atoms with Crippen LogP contribution < -0.4 is 0 Å². The molecule has 0 aliphatic heterocycles. The predicted molar refractivity (Wildman–Crippen MR) is 44.2 cm³/mol. The average Bonchev–Trinajstić information content (AvgIpc) is 2.03. The van der Waals surface area contributed by atoms with Gasteiger partial charge in [0.1, 0.15) is 17.2 Å². The fourth-order valence-corrected chi connectivity index (χ4v) is 0.858. The van der Waals surface area contributed by atoms with Crippen molar-refractivity contribution < 1.29 is 14.0 Å². The minimum absolute atomic E-state index is 0.0230. The maximum absolute atomic E-state index is 12.8.